The number of hydrogen-bond donors (Lipinski definition) is 0. The number of rotatable bonds is 2. The molecule has 148 valence electrons. The van der Waals surface area contributed by atoms with Crippen molar-refractivity contribution in [1.29, 1.82) is 0 Å². The van der Waals surface area contributed by atoms with Gasteiger partial charge in [0.1, 0.15) is 22.6 Å². The van der Waals surface area contributed by atoms with Gasteiger partial charge >= 0.3 is 5.69 Å². The predicted octanol–water partition coefficient (Wildman–Crippen LogP) is 3.26. The number of pyridine rings is 1. The van der Waals surface area contributed by atoms with Crippen molar-refractivity contribution in [1.82, 2.24) is 19.4 Å². The van der Waals surface area contributed by atoms with E-state index in [4.69, 9.17) is 4.42 Å². The van der Waals surface area contributed by atoms with Crippen LogP contribution in [-0.4, -0.2) is 52.7 Å². The minimum atomic E-state index is -0.321. The Kier molecular flexibility index (Phi) is 4.40. The fourth-order valence-corrected chi connectivity index (χ4v) is 4.17. The van der Waals surface area contributed by atoms with Crippen LogP contribution in [0.5, 0.6) is 0 Å². The molecule has 1 aliphatic rings. The number of anilines is 1. The molecule has 1 aromatic carbocycles. The molecule has 0 atom stereocenters. The van der Waals surface area contributed by atoms with Crippen LogP contribution in [0.1, 0.15) is 0 Å². The highest BCUT2D eigenvalue weighted by Crippen LogP contribution is 2.34. The Labute approximate surface area is 175 Å². The number of fused-ring (bicyclic) bond motifs is 3. The second kappa shape index (κ2) is 6.96. The van der Waals surface area contributed by atoms with Gasteiger partial charge in [0.15, 0.2) is 5.58 Å². The summed E-state index contributed by atoms with van der Waals surface area (Å²) in [6.45, 7) is 3.95. The Morgan fingerprint density at radius 1 is 1.07 bits per heavy atom. The molecule has 5 rings (SSSR count). The van der Waals surface area contributed by atoms with Crippen LogP contribution < -0.4 is 10.6 Å². The smallest absolute Gasteiger partial charge is 0.348 e. The molecule has 0 spiro atoms. The van der Waals surface area contributed by atoms with E-state index in [1.165, 1.54) is 4.57 Å². The summed E-state index contributed by atoms with van der Waals surface area (Å²) in [6, 6.07) is 9.72. The van der Waals surface area contributed by atoms with Gasteiger partial charge in [-0.2, -0.15) is 4.98 Å². The number of aryl methyl sites for hydroxylation is 1. The van der Waals surface area contributed by atoms with Gasteiger partial charge in [0.2, 0.25) is 0 Å². The lowest BCUT2D eigenvalue weighted by Gasteiger charge is -2.33. The summed E-state index contributed by atoms with van der Waals surface area (Å²) in [5, 5.41) is 0.875. The molecule has 3 aromatic heterocycles. The van der Waals surface area contributed by atoms with Crippen molar-refractivity contribution < 1.29 is 4.42 Å². The maximum absolute atomic E-state index is 12.6. The highest BCUT2D eigenvalue weighted by Gasteiger charge is 2.19. The quantitative estimate of drug-likeness (QED) is 0.463. The normalized spacial score (nSPS) is 15.5. The molecular weight excluding hydrogens is 434 g/mol. The molecule has 1 fully saturated rings. The van der Waals surface area contributed by atoms with Crippen molar-refractivity contribution in [2.24, 2.45) is 7.05 Å². The molecule has 7 nitrogen and oxygen atoms in total. The number of hydrogen-bond acceptors (Lipinski definition) is 6. The second-order valence-corrected chi connectivity index (χ2v) is 8.33. The number of aromatic nitrogens is 3. The van der Waals surface area contributed by atoms with E-state index in [2.05, 4.69) is 42.7 Å². The van der Waals surface area contributed by atoms with E-state index in [-0.39, 0.29) is 5.69 Å². The lowest BCUT2D eigenvalue weighted by molar-refractivity contribution is 0.312. The summed E-state index contributed by atoms with van der Waals surface area (Å²) in [5.41, 5.74) is 3.01. The first-order valence-corrected chi connectivity index (χ1v) is 10.3. The molecular formula is C21H20BrN5O2. The topological polar surface area (TPSA) is 67.4 Å². The lowest BCUT2D eigenvalue weighted by atomic mass is 10.1. The summed E-state index contributed by atoms with van der Waals surface area (Å²) in [6.07, 6.45) is 1.78. The van der Waals surface area contributed by atoms with E-state index in [1.807, 2.05) is 30.3 Å². The molecule has 29 heavy (non-hydrogen) atoms. The van der Waals surface area contributed by atoms with Gasteiger partial charge in [0.25, 0.3) is 0 Å². The van der Waals surface area contributed by atoms with Crippen molar-refractivity contribution in [3.05, 3.63) is 51.5 Å². The van der Waals surface area contributed by atoms with E-state index in [0.29, 0.717) is 11.3 Å². The van der Waals surface area contributed by atoms with E-state index in [0.717, 1.165) is 58.5 Å². The summed E-state index contributed by atoms with van der Waals surface area (Å²) >= 11 is 3.50. The van der Waals surface area contributed by atoms with Crippen LogP contribution in [0.4, 0.5) is 5.82 Å². The van der Waals surface area contributed by atoms with Crippen LogP contribution in [0.2, 0.25) is 0 Å². The standard InChI is InChI=1S/C21H20BrN5O2/c1-25-7-9-27(10-8-25)17-6-3-13(12-23-17)18-20-19(26(2)21(28)24-18)15-11-14(22)4-5-16(15)29-20/h3-6,11-12H,7-10H2,1-2H3. The number of furan rings is 1. The molecule has 4 heterocycles. The summed E-state index contributed by atoms with van der Waals surface area (Å²) in [4.78, 5) is 26.1. The first-order chi connectivity index (χ1) is 14.0. The summed E-state index contributed by atoms with van der Waals surface area (Å²) in [5.74, 6) is 0.940. The predicted molar refractivity (Wildman–Crippen MR) is 117 cm³/mol. The number of benzene rings is 1. The Morgan fingerprint density at radius 2 is 1.86 bits per heavy atom. The van der Waals surface area contributed by atoms with Crippen LogP contribution in [0.3, 0.4) is 0 Å². The van der Waals surface area contributed by atoms with Crippen LogP contribution >= 0.6 is 15.9 Å². The number of halogens is 1. The molecule has 0 aliphatic carbocycles. The fourth-order valence-electron chi connectivity index (χ4n) is 3.81. The Morgan fingerprint density at radius 3 is 2.59 bits per heavy atom. The molecule has 0 N–H and O–H groups in total. The lowest BCUT2D eigenvalue weighted by Crippen LogP contribution is -2.44. The van der Waals surface area contributed by atoms with Crippen molar-refractivity contribution in [3.63, 3.8) is 0 Å². The molecule has 0 bridgehead atoms. The van der Waals surface area contributed by atoms with Gasteiger partial charge in [-0.25, -0.2) is 9.78 Å². The highest BCUT2D eigenvalue weighted by molar-refractivity contribution is 9.10. The molecule has 0 unspecified atom stereocenters. The van der Waals surface area contributed by atoms with E-state index in [1.54, 1.807) is 13.2 Å². The van der Waals surface area contributed by atoms with Crippen molar-refractivity contribution in [3.8, 4) is 11.3 Å². The zero-order chi connectivity index (χ0) is 20.1. The number of piperazine rings is 1. The molecule has 0 saturated carbocycles. The summed E-state index contributed by atoms with van der Waals surface area (Å²) in [7, 11) is 3.85. The molecule has 1 aliphatic heterocycles. The van der Waals surface area contributed by atoms with Gasteiger partial charge < -0.3 is 14.2 Å². The Balaban J connectivity index is 1.62. The van der Waals surface area contributed by atoms with E-state index >= 15 is 0 Å². The maximum atomic E-state index is 12.6. The van der Waals surface area contributed by atoms with Crippen molar-refractivity contribution in [2.75, 3.05) is 38.1 Å². The molecule has 4 aromatic rings. The zero-order valence-corrected chi connectivity index (χ0v) is 17.8. The first-order valence-electron chi connectivity index (χ1n) is 9.50. The van der Waals surface area contributed by atoms with Crippen LogP contribution in [-0.2, 0) is 7.05 Å². The van der Waals surface area contributed by atoms with Crippen LogP contribution in [0.15, 0.2) is 50.2 Å². The molecule has 8 heteroatoms. The maximum Gasteiger partial charge on any atom is 0.348 e. The van der Waals surface area contributed by atoms with Crippen molar-refractivity contribution >= 4 is 43.8 Å². The van der Waals surface area contributed by atoms with E-state index < -0.39 is 0 Å². The van der Waals surface area contributed by atoms with Gasteiger partial charge in [0.05, 0.1) is 0 Å². The monoisotopic (exact) mass is 453 g/mol. The Bertz CT molecular complexity index is 1270. The first kappa shape index (κ1) is 18.3. The van der Waals surface area contributed by atoms with Gasteiger partial charge in [-0.05, 0) is 37.4 Å². The molecule has 0 amide bonds. The van der Waals surface area contributed by atoms with Crippen LogP contribution in [0, 0.1) is 0 Å². The number of nitrogens with zero attached hydrogens (tertiary/aromatic N) is 5. The van der Waals surface area contributed by atoms with Gasteiger partial charge in [0, 0.05) is 54.8 Å². The minimum absolute atomic E-state index is 0.321. The molecule has 0 radical (unpaired) electrons. The van der Waals surface area contributed by atoms with Gasteiger partial charge in [-0.15, -0.1) is 0 Å². The van der Waals surface area contributed by atoms with Crippen molar-refractivity contribution in [2.45, 2.75) is 0 Å². The minimum Gasteiger partial charge on any atom is -0.452 e. The molecule has 1 saturated heterocycles. The van der Waals surface area contributed by atoms with Gasteiger partial charge in [-0.3, -0.25) is 4.57 Å². The third-order valence-corrected chi connectivity index (χ3v) is 6.01. The largest absolute Gasteiger partial charge is 0.452 e. The summed E-state index contributed by atoms with van der Waals surface area (Å²) < 4.78 is 8.56. The zero-order valence-electron chi connectivity index (χ0n) is 16.2. The van der Waals surface area contributed by atoms with Crippen LogP contribution in [0.25, 0.3) is 33.3 Å². The highest BCUT2D eigenvalue weighted by atomic mass is 79.9. The average molecular weight is 454 g/mol. The SMILES string of the molecule is CN1CCN(c2ccc(-c3nc(=O)n(C)c4c3oc3ccc(Br)cc34)cn2)CC1. The number of likely N-dealkylation sites (N-methyl/N-ethyl adjacent to an activating group) is 1. The second-order valence-electron chi connectivity index (χ2n) is 7.42. The van der Waals surface area contributed by atoms with Gasteiger partial charge in [-0.1, -0.05) is 15.9 Å². The Hall–Kier alpha value is -2.71. The average Bonchev–Trinajstić information content (AvgIpc) is 3.10. The van der Waals surface area contributed by atoms with E-state index in [9.17, 15) is 4.79 Å². The third kappa shape index (κ3) is 3.12. The fraction of sp³-hybridized carbons (Fsp3) is 0.286. The third-order valence-electron chi connectivity index (χ3n) is 5.52.